The van der Waals surface area contributed by atoms with Crippen molar-refractivity contribution in [2.75, 3.05) is 12.4 Å². The molecule has 0 radical (unpaired) electrons. The summed E-state index contributed by atoms with van der Waals surface area (Å²) in [5.41, 5.74) is 0. The summed E-state index contributed by atoms with van der Waals surface area (Å²) in [4.78, 5) is 5.69. The topological polar surface area (TPSA) is 34.1 Å². The van der Waals surface area contributed by atoms with E-state index in [0.717, 1.165) is 33.4 Å². The molecule has 20 heavy (non-hydrogen) atoms. The van der Waals surface area contributed by atoms with E-state index >= 15 is 0 Å². The SMILES string of the molecule is COc1ccc2c(NCc3sccc3Br)nccc2c1. The molecule has 3 nitrogen and oxygen atoms in total. The highest BCUT2D eigenvalue weighted by atomic mass is 79.9. The Kier molecular flexibility index (Phi) is 3.89. The first-order valence-corrected chi connectivity index (χ1v) is 7.83. The molecule has 0 saturated carbocycles. The van der Waals surface area contributed by atoms with Gasteiger partial charge < -0.3 is 10.1 Å². The van der Waals surface area contributed by atoms with Gasteiger partial charge in [-0.25, -0.2) is 4.98 Å². The second-order valence-corrected chi connectivity index (χ2v) is 6.15. The number of nitrogens with one attached hydrogen (secondary N) is 1. The number of anilines is 1. The average molecular weight is 349 g/mol. The molecule has 0 aliphatic rings. The van der Waals surface area contributed by atoms with Gasteiger partial charge in [-0.2, -0.15) is 0 Å². The second kappa shape index (κ2) is 5.81. The van der Waals surface area contributed by atoms with Gasteiger partial charge >= 0.3 is 0 Å². The summed E-state index contributed by atoms with van der Waals surface area (Å²) in [5, 5.41) is 7.68. The fourth-order valence-corrected chi connectivity index (χ4v) is 3.47. The molecule has 0 spiro atoms. The normalized spacial score (nSPS) is 10.7. The maximum Gasteiger partial charge on any atom is 0.134 e. The van der Waals surface area contributed by atoms with Crippen molar-refractivity contribution in [1.82, 2.24) is 4.98 Å². The van der Waals surface area contributed by atoms with E-state index in [9.17, 15) is 0 Å². The minimum atomic E-state index is 0.760. The zero-order valence-corrected chi connectivity index (χ0v) is 13.3. The number of thiophene rings is 1. The third-order valence-electron chi connectivity index (χ3n) is 3.08. The molecule has 3 aromatic rings. The van der Waals surface area contributed by atoms with Gasteiger partial charge in [0.05, 0.1) is 13.7 Å². The number of fused-ring (bicyclic) bond motifs is 1. The summed E-state index contributed by atoms with van der Waals surface area (Å²) < 4.78 is 6.39. The molecule has 0 aliphatic carbocycles. The fourth-order valence-electron chi connectivity index (χ4n) is 2.04. The van der Waals surface area contributed by atoms with E-state index in [1.54, 1.807) is 18.4 Å². The van der Waals surface area contributed by atoms with Crippen molar-refractivity contribution in [2.45, 2.75) is 6.54 Å². The van der Waals surface area contributed by atoms with Crippen LogP contribution in [0.1, 0.15) is 4.88 Å². The van der Waals surface area contributed by atoms with Crippen LogP contribution in [0, 0.1) is 0 Å². The standard InChI is InChI=1S/C15H13BrN2OS/c1-19-11-2-3-12-10(8-11)4-6-17-15(12)18-9-14-13(16)5-7-20-14/h2-8H,9H2,1H3,(H,17,18). The monoisotopic (exact) mass is 348 g/mol. The number of nitrogens with zero attached hydrogens (tertiary/aromatic N) is 1. The van der Waals surface area contributed by atoms with Crippen LogP contribution in [0.3, 0.4) is 0 Å². The molecule has 0 aliphatic heterocycles. The van der Waals surface area contributed by atoms with Crippen molar-refractivity contribution in [3.05, 3.63) is 51.3 Å². The molecule has 0 unspecified atom stereocenters. The molecular formula is C15H13BrN2OS. The largest absolute Gasteiger partial charge is 0.497 e. The smallest absolute Gasteiger partial charge is 0.134 e. The molecule has 2 heterocycles. The number of pyridine rings is 1. The van der Waals surface area contributed by atoms with Crippen LogP contribution < -0.4 is 10.1 Å². The van der Waals surface area contributed by atoms with Gasteiger partial charge in [0.15, 0.2) is 0 Å². The Balaban J connectivity index is 1.90. The first-order valence-electron chi connectivity index (χ1n) is 6.16. The quantitative estimate of drug-likeness (QED) is 0.743. The predicted molar refractivity (Wildman–Crippen MR) is 87.6 cm³/mol. The van der Waals surface area contributed by atoms with Gasteiger partial charge in [-0.05, 0) is 57.0 Å². The van der Waals surface area contributed by atoms with Gasteiger partial charge in [0, 0.05) is 20.9 Å². The van der Waals surface area contributed by atoms with Crippen molar-refractivity contribution < 1.29 is 4.74 Å². The fraction of sp³-hybridized carbons (Fsp3) is 0.133. The van der Waals surface area contributed by atoms with Gasteiger partial charge in [-0.15, -0.1) is 11.3 Å². The number of ether oxygens (including phenoxy) is 1. The molecule has 1 aromatic carbocycles. The summed E-state index contributed by atoms with van der Waals surface area (Å²) in [5.74, 6) is 1.75. The number of halogens is 1. The Morgan fingerprint density at radius 2 is 2.20 bits per heavy atom. The minimum absolute atomic E-state index is 0.760. The van der Waals surface area contributed by atoms with E-state index in [-0.39, 0.29) is 0 Å². The minimum Gasteiger partial charge on any atom is -0.497 e. The Morgan fingerprint density at radius 3 is 2.95 bits per heavy atom. The lowest BCUT2D eigenvalue weighted by Gasteiger charge is -2.09. The number of hydrogen-bond donors (Lipinski definition) is 1. The van der Waals surface area contributed by atoms with E-state index in [0.29, 0.717) is 0 Å². The van der Waals surface area contributed by atoms with E-state index in [1.807, 2.05) is 30.5 Å². The van der Waals surface area contributed by atoms with Crippen molar-refractivity contribution >= 4 is 43.9 Å². The molecule has 0 bridgehead atoms. The van der Waals surface area contributed by atoms with Gasteiger partial charge in [-0.3, -0.25) is 0 Å². The van der Waals surface area contributed by atoms with Crippen LogP contribution in [0.4, 0.5) is 5.82 Å². The van der Waals surface area contributed by atoms with E-state index < -0.39 is 0 Å². The van der Waals surface area contributed by atoms with Crippen LogP contribution in [0.15, 0.2) is 46.4 Å². The molecule has 0 fully saturated rings. The number of rotatable bonds is 4. The van der Waals surface area contributed by atoms with Gasteiger partial charge in [-0.1, -0.05) is 0 Å². The molecule has 0 atom stereocenters. The van der Waals surface area contributed by atoms with Crippen molar-refractivity contribution in [3.63, 3.8) is 0 Å². The maximum absolute atomic E-state index is 5.25. The van der Waals surface area contributed by atoms with E-state index in [4.69, 9.17) is 4.74 Å². The molecule has 5 heteroatoms. The lowest BCUT2D eigenvalue weighted by molar-refractivity contribution is 0.415. The lowest BCUT2D eigenvalue weighted by atomic mass is 10.1. The first-order chi connectivity index (χ1) is 9.78. The highest BCUT2D eigenvalue weighted by molar-refractivity contribution is 9.10. The Morgan fingerprint density at radius 1 is 1.30 bits per heavy atom. The predicted octanol–water partition coefficient (Wildman–Crippen LogP) is 4.68. The summed E-state index contributed by atoms with van der Waals surface area (Å²) in [6, 6.07) is 10.1. The molecule has 102 valence electrons. The molecule has 2 aromatic heterocycles. The summed E-state index contributed by atoms with van der Waals surface area (Å²) in [6.07, 6.45) is 1.81. The van der Waals surface area contributed by atoms with Crippen LogP contribution in [-0.4, -0.2) is 12.1 Å². The van der Waals surface area contributed by atoms with Crippen molar-refractivity contribution in [3.8, 4) is 5.75 Å². The number of benzene rings is 1. The van der Waals surface area contributed by atoms with Crippen LogP contribution in [-0.2, 0) is 6.54 Å². The molecule has 3 rings (SSSR count). The van der Waals surface area contributed by atoms with E-state index in [1.165, 1.54) is 4.88 Å². The zero-order valence-electron chi connectivity index (χ0n) is 10.9. The Hall–Kier alpha value is -1.59. The third kappa shape index (κ3) is 2.64. The second-order valence-electron chi connectivity index (χ2n) is 4.29. The highest BCUT2D eigenvalue weighted by Gasteiger charge is 2.05. The molecule has 1 N–H and O–H groups in total. The Labute approximate surface area is 129 Å². The Bertz CT molecular complexity index is 742. The van der Waals surface area contributed by atoms with Crippen LogP contribution in [0.2, 0.25) is 0 Å². The summed E-state index contributed by atoms with van der Waals surface area (Å²) in [6.45, 7) is 0.760. The number of methoxy groups -OCH3 is 1. The lowest BCUT2D eigenvalue weighted by Crippen LogP contribution is -2.00. The van der Waals surface area contributed by atoms with Crippen LogP contribution in [0.25, 0.3) is 10.8 Å². The average Bonchev–Trinajstić information content (AvgIpc) is 2.89. The third-order valence-corrected chi connectivity index (χ3v) is 5.01. The van der Waals surface area contributed by atoms with Crippen molar-refractivity contribution in [2.24, 2.45) is 0 Å². The molecular weight excluding hydrogens is 336 g/mol. The molecule has 0 amide bonds. The van der Waals surface area contributed by atoms with E-state index in [2.05, 4.69) is 37.7 Å². The highest BCUT2D eigenvalue weighted by Crippen LogP contribution is 2.27. The molecule has 0 saturated heterocycles. The number of aromatic nitrogens is 1. The van der Waals surface area contributed by atoms with Crippen LogP contribution >= 0.6 is 27.3 Å². The first kappa shape index (κ1) is 13.4. The maximum atomic E-state index is 5.25. The zero-order chi connectivity index (χ0) is 13.9. The number of hydrogen-bond acceptors (Lipinski definition) is 4. The van der Waals surface area contributed by atoms with Crippen LogP contribution in [0.5, 0.6) is 5.75 Å². The van der Waals surface area contributed by atoms with Gasteiger partial charge in [0.25, 0.3) is 0 Å². The summed E-state index contributed by atoms with van der Waals surface area (Å²) in [7, 11) is 1.68. The summed E-state index contributed by atoms with van der Waals surface area (Å²) >= 11 is 5.27. The van der Waals surface area contributed by atoms with Crippen molar-refractivity contribution in [1.29, 1.82) is 0 Å². The van der Waals surface area contributed by atoms with Gasteiger partial charge in [0.2, 0.25) is 0 Å². The van der Waals surface area contributed by atoms with Gasteiger partial charge in [0.1, 0.15) is 11.6 Å².